The van der Waals surface area contributed by atoms with Crippen molar-refractivity contribution < 1.29 is 17.9 Å². The zero-order valence-electron chi connectivity index (χ0n) is 16.2. The van der Waals surface area contributed by atoms with Gasteiger partial charge in [-0.05, 0) is 32.9 Å². The van der Waals surface area contributed by atoms with E-state index in [4.69, 9.17) is 4.74 Å². The molecule has 0 spiro atoms. The van der Waals surface area contributed by atoms with Crippen LogP contribution in [0.1, 0.15) is 20.8 Å². The summed E-state index contributed by atoms with van der Waals surface area (Å²) in [6, 6.07) is 7.80. The first-order chi connectivity index (χ1) is 12.0. The molecule has 1 aliphatic heterocycles. The Hall–Kier alpha value is -1.80. The van der Waals surface area contributed by atoms with E-state index in [0.717, 1.165) is 17.7 Å². The Kier molecular flexibility index (Phi) is 6.18. The highest BCUT2D eigenvalue weighted by Gasteiger charge is 2.33. The first-order valence-corrected chi connectivity index (χ1v) is 10.5. The van der Waals surface area contributed by atoms with Crippen molar-refractivity contribution in [2.24, 2.45) is 0 Å². The molecule has 1 fully saturated rings. The van der Waals surface area contributed by atoms with Crippen molar-refractivity contribution in [1.29, 1.82) is 0 Å². The van der Waals surface area contributed by atoms with Crippen LogP contribution >= 0.6 is 0 Å². The largest absolute Gasteiger partial charge is 0.495 e. The maximum absolute atomic E-state index is 12.6. The van der Waals surface area contributed by atoms with E-state index >= 15 is 0 Å². The standard InChI is InChI=1S/C18H29N3O4S/c1-18(2,3)21(26(5,23)24)14-17(22)20-12-10-19(11-13-20)15-8-6-7-9-16(15)25-4/h6-9H,10-14H2,1-5H3. The molecule has 8 heteroatoms. The van der Waals surface area contributed by atoms with Crippen molar-refractivity contribution in [3.63, 3.8) is 0 Å². The minimum Gasteiger partial charge on any atom is -0.495 e. The second-order valence-corrected chi connectivity index (χ2v) is 9.39. The molecule has 0 aromatic heterocycles. The van der Waals surface area contributed by atoms with E-state index in [1.165, 1.54) is 4.31 Å². The third-order valence-electron chi connectivity index (χ3n) is 4.49. The van der Waals surface area contributed by atoms with Gasteiger partial charge in [-0.25, -0.2) is 8.42 Å². The SMILES string of the molecule is COc1ccccc1N1CCN(C(=O)CN(C(C)(C)C)S(C)(=O)=O)CC1. The molecule has 0 atom stereocenters. The van der Waals surface area contributed by atoms with Crippen LogP contribution in [-0.2, 0) is 14.8 Å². The van der Waals surface area contributed by atoms with Gasteiger partial charge in [0.2, 0.25) is 15.9 Å². The summed E-state index contributed by atoms with van der Waals surface area (Å²) in [5, 5.41) is 0. The van der Waals surface area contributed by atoms with Gasteiger partial charge < -0.3 is 14.5 Å². The molecule has 146 valence electrons. The number of hydrogen-bond donors (Lipinski definition) is 0. The molecule has 1 aromatic rings. The van der Waals surface area contributed by atoms with Crippen molar-refractivity contribution in [3.8, 4) is 5.75 Å². The predicted octanol–water partition coefficient (Wildman–Crippen LogP) is 1.40. The highest BCUT2D eigenvalue weighted by Crippen LogP contribution is 2.28. The molecule has 0 unspecified atom stereocenters. The van der Waals surface area contributed by atoms with Crippen LogP contribution in [0.2, 0.25) is 0 Å². The number of ether oxygens (including phenoxy) is 1. The lowest BCUT2D eigenvalue weighted by atomic mass is 10.1. The minimum absolute atomic E-state index is 0.128. The van der Waals surface area contributed by atoms with Gasteiger partial charge in [0.05, 0.1) is 25.6 Å². The molecule has 0 aliphatic carbocycles. The summed E-state index contributed by atoms with van der Waals surface area (Å²) in [7, 11) is -1.82. The van der Waals surface area contributed by atoms with Crippen molar-refractivity contribution in [3.05, 3.63) is 24.3 Å². The van der Waals surface area contributed by atoms with Gasteiger partial charge in [0.25, 0.3) is 0 Å². The average Bonchev–Trinajstić information content (AvgIpc) is 2.57. The van der Waals surface area contributed by atoms with Gasteiger partial charge in [0.15, 0.2) is 0 Å². The van der Waals surface area contributed by atoms with E-state index < -0.39 is 15.6 Å². The zero-order valence-corrected chi connectivity index (χ0v) is 17.0. The van der Waals surface area contributed by atoms with Gasteiger partial charge in [-0.3, -0.25) is 4.79 Å². The summed E-state index contributed by atoms with van der Waals surface area (Å²) in [4.78, 5) is 16.6. The number of hydrogen-bond acceptors (Lipinski definition) is 5. The molecule has 1 heterocycles. The van der Waals surface area contributed by atoms with Crippen LogP contribution in [-0.4, -0.2) is 75.2 Å². The number of piperazine rings is 1. The molecule has 1 aliphatic rings. The molecule has 1 aromatic carbocycles. The van der Waals surface area contributed by atoms with Gasteiger partial charge in [0, 0.05) is 31.7 Å². The molecule has 0 radical (unpaired) electrons. The molecule has 7 nitrogen and oxygen atoms in total. The summed E-state index contributed by atoms with van der Waals surface area (Å²) in [5.41, 5.74) is 0.372. The Bertz CT molecular complexity index is 735. The van der Waals surface area contributed by atoms with E-state index in [2.05, 4.69) is 4.90 Å². The summed E-state index contributed by atoms with van der Waals surface area (Å²) in [5.74, 6) is 0.647. The van der Waals surface area contributed by atoms with E-state index in [0.29, 0.717) is 26.2 Å². The van der Waals surface area contributed by atoms with Crippen LogP contribution in [0.4, 0.5) is 5.69 Å². The van der Waals surface area contributed by atoms with Gasteiger partial charge in [0.1, 0.15) is 5.75 Å². The van der Waals surface area contributed by atoms with Crippen LogP contribution in [0.3, 0.4) is 0 Å². The number of carbonyl (C=O) groups is 1. The predicted molar refractivity (Wildman–Crippen MR) is 103 cm³/mol. The summed E-state index contributed by atoms with van der Waals surface area (Å²) in [6.07, 6.45) is 1.14. The maximum Gasteiger partial charge on any atom is 0.238 e. The maximum atomic E-state index is 12.6. The highest BCUT2D eigenvalue weighted by atomic mass is 32.2. The van der Waals surface area contributed by atoms with Crippen molar-refractivity contribution in [1.82, 2.24) is 9.21 Å². The first-order valence-electron chi connectivity index (χ1n) is 8.67. The molecule has 0 bridgehead atoms. The zero-order chi connectivity index (χ0) is 19.5. The second-order valence-electron chi connectivity index (χ2n) is 7.48. The monoisotopic (exact) mass is 383 g/mol. The summed E-state index contributed by atoms with van der Waals surface area (Å²) >= 11 is 0. The average molecular weight is 384 g/mol. The Morgan fingerprint density at radius 3 is 2.23 bits per heavy atom. The number of rotatable bonds is 5. The van der Waals surface area contributed by atoms with Gasteiger partial charge >= 0.3 is 0 Å². The topological polar surface area (TPSA) is 70.2 Å². The molecule has 0 saturated carbocycles. The fourth-order valence-electron chi connectivity index (χ4n) is 3.16. The molecule has 1 saturated heterocycles. The molecular formula is C18H29N3O4S. The third kappa shape index (κ3) is 4.88. The Morgan fingerprint density at radius 2 is 1.73 bits per heavy atom. The number of sulfonamides is 1. The van der Waals surface area contributed by atoms with Crippen LogP contribution in [0.15, 0.2) is 24.3 Å². The van der Waals surface area contributed by atoms with Crippen LogP contribution in [0.5, 0.6) is 5.75 Å². The number of methoxy groups -OCH3 is 1. The number of carbonyl (C=O) groups excluding carboxylic acids is 1. The molecule has 1 amide bonds. The molecule has 26 heavy (non-hydrogen) atoms. The fourth-order valence-corrected chi connectivity index (χ4v) is 4.50. The number of amides is 1. The van der Waals surface area contributed by atoms with E-state index in [9.17, 15) is 13.2 Å². The quantitative estimate of drug-likeness (QED) is 0.769. The second kappa shape index (κ2) is 7.84. The molecular weight excluding hydrogens is 354 g/mol. The lowest BCUT2D eigenvalue weighted by molar-refractivity contribution is -0.132. The number of para-hydroxylation sites is 2. The van der Waals surface area contributed by atoms with E-state index in [-0.39, 0.29) is 12.5 Å². The lowest BCUT2D eigenvalue weighted by Gasteiger charge is -2.39. The first kappa shape index (κ1) is 20.5. The number of anilines is 1. The number of benzene rings is 1. The van der Waals surface area contributed by atoms with Gasteiger partial charge in [-0.2, -0.15) is 4.31 Å². The normalized spacial score (nSPS) is 16.1. The highest BCUT2D eigenvalue weighted by molar-refractivity contribution is 7.88. The van der Waals surface area contributed by atoms with Gasteiger partial charge in [-0.15, -0.1) is 0 Å². The van der Waals surface area contributed by atoms with E-state index in [1.54, 1.807) is 32.8 Å². The number of nitrogens with zero attached hydrogens (tertiary/aromatic N) is 3. The summed E-state index contributed by atoms with van der Waals surface area (Å²) < 4.78 is 30.7. The Morgan fingerprint density at radius 1 is 1.15 bits per heavy atom. The van der Waals surface area contributed by atoms with Crippen molar-refractivity contribution in [2.75, 3.05) is 51.0 Å². The van der Waals surface area contributed by atoms with Crippen LogP contribution in [0, 0.1) is 0 Å². The van der Waals surface area contributed by atoms with Crippen molar-refractivity contribution >= 4 is 21.6 Å². The van der Waals surface area contributed by atoms with Crippen LogP contribution < -0.4 is 9.64 Å². The lowest BCUT2D eigenvalue weighted by Crippen LogP contribution is -2.54. The fraction of sp³-hybridized carbons (Fsp3) is 0.611. The van der Waals surface area contributed by atoms with Gasteiger partial charge in [-0.1, -0.05) is 12.1 Å². The van der Waals surface area contributed by atoms with E-state index in [1.807, 2.05) is 24.3 Å². The Balaban J connectivity index is 2.02. The van der Waals surface area contributed by atoms with Crippen LogP contribution in [0.25, 0.3) is 0 Å². The Labute approximate surface area is 156 Å². The van der Waals surface area contributed by atoms with Crippen molar-refractivity contribution in [2.45, 2.75) is 26.3 Å². The molecule has 2 rings (SSSR count). The minimum atomic E-state index is -3.46. The summed E-state index contributed by atoms with van der Waals surface area (Å²) in [6.45, 7) is 7.72. The smallest absolute Gasteiger partial charge is 0.238 e. The molecule has 0 N–H and O–H groups in total. The third-order valence-corrected chi connectivity index (χ3v) is 5.96.